The Morgan fingerprint density at radius 3 is 2.54 bits per heavy atom. The SMILES string of the molecule is O=C1Nc2ccccc2C1=C(Nc1ccc(-c2c[nH]cn2)cc1)c1ccc(CCCN2CCCCC2=O)cc1. The Kier molecular flexibility index (Phi) is 6.95. The van der Waals surface area contributed by atoms with E-state index in [0.29, 0.717) is 12.0 Å². The van der Waals surface area contributed by atoms with Crippen LogP contribution < -0.4 is 10.6 Å². The van der Waals surface area contributed by atoms with Gasteiger partial charge in [-0.05, 0) is 55.0 Å². The second kappa shape index (κ2) is 11.0. The molecule has 39 heavy (non-hydrogen) atoms. The standard InChI is InChI=1S/C32H31N5O2/c38-29-9-3-4-18-37(29)19-5-6-22-10-12-24(13-11-22)31(30-26-7-1-2-8-27(26)36-32(30)39)35-25-16-14-23(15-17-25)28-20-33-21-34-28/h1-2,7-8,10-17,20-21,35H,3-6,9,18-19H2,(H,33,34)(H,36,39). The third-order valence-corrected chi connectivity index (χ3v) is 7.43. The Morgan fingerprint density at radius 2 is 1.77 bits per heavy atom. The number of nitrogens with one attached hydrogen (secondary N) is 3. The number of rotatable bonds is 8. The van der Waals surface area contributed by atoms with Gasteiger partial charge in [0.15, 0.2) is 0 Å². The lowest BCUT2D eigenvalue weighted by atomic mass is 9.98. The Morgan fingerprint density at radius 1 is 0.949 bits per heavy atom. The molecule has 6 rings (SSSR count). The predicted molar refractivity (Wildman–Crippen MR) is 155 cm³/mol. The zero-order valence-electron chi connectivity index (χ0n) is 21.7. The number of likely N-dealkylation sites (tertiary alicyclic amines) is 1. The van der Waals surface area contributed by atoms with Crippen molar-refractivity contribution in [1.29, 1.82) is 0 Å². The highest BCUT2D eigenvalue weighted by Crippen LogP contribution is 2.37. The fourth-order valence-corrected chi connectivity index (χ4v) is 5.34. The Bertz CT molecular complexity index is 1510. The van der Waals surface area contributed by atoms with Crippen LogP contribution in [0.25, 0.3) is 22.5 Å². The Balaban J connectivity index is 1.26. The molecule has 2 amide bonds. The molecule has 4 aromatic rings. The number of benzene rings is 3. The van der Waals surface area contributed by atoms with Gasteiger partial charge in [0, 0.05) is 48.2 Å². The Hall–Kier alpha value is -4.65. The van der Waals surface area contributed by atoms with Gasteiger partial charge < -0.3 is 20.5 Å². The summed E-state index contributed by atoms with van der Waals surface area (Å²) in [7, 11) is 0. The zero-order chi connectivity index (χ0) is 26.6. The van der Waals surface area contributed by atoms with Gasteiger partial charge in [-0.15, -0.1) is 0 Å². The molecular weight excluding hydrogens is 486 g/mol. The molecule has 0 saturated carbocycles. The zero-order valence-corrected chi connectivity index (χ0v) is 21.7. The molecule has 0 spiro atoms. The summed E-state index contributed by atoms with van der Waals surface area (Å²) in [6.45, 7) is 1.69. The van der Waals surface area contributed by atoms with Crippen molar-refractivity contribution in [3.05, 3.63) is 102 Å². The van der Waals surface area contributed by atoms with E-state index in [1.54, 1.807) is 6.33 Å². The number of aryl methyl sites for hydroxylation is 1. The van der Waals surface area contributed by atoms with Gasteiger partial charge in [0.1, 0.15) is 0 Å². The van der Waals surface area contributed by atoms with E-state index in [1.807, 2.05) is 59.6 Å². The van der Waals surface area contributed by atoms with Crippen molar-refractivity contribution in [3.63, 3.8) is 0 Å². The van der Waals surface area contributed by atoms with Gasteiger partial charge in [0.2, 0.25) is 5.91 Å². The first-order valence-corrected chi connectivity index (χ1v) is 13.5. The molecule has 0 atom stereocenters. The summed E-state index contributed by atoms with van der Waals surface area (Å²) < 4.78 is 0. The lowest BCUT2D eigenvalue weighted by Gasteiger charge is -2.26. The molecule has 3 aromatic carbocycles. The Labute approximate surface area is 228 Å². The van der Waals surface area contributed by atoms with Crippen molar-refractivity contribution >= 4 is 34.5 Å². The molecule has 2 aliphatic heterocycles. The second-order valence-electron chi connectivity index (χ2n) is 10.0. The molecule has 0 aliphatic carbocycles. The molecule has 3 N–H and O–H groups in total. The number of piperidine rings is 1. The number of anilines is 2. The van der Waals surface area contributed by atoms with Gasteiger partial charge in [0.25, 0.3) is 5.91 Å². The number of carbonyl (C=O) groups is 2. The number of amides is 2. The molecule has 1 saturated heterocycles. The summed E-state index contributed by atoms with van der Waals surface area (Å²) >= 11 is 0. The summed E-state index contributed by atoms with van der Waals surface area (Å²) in [5.74, 6) is 0.161. The maximum atomic E-state index is 13.2. The number of hydrogen-bond acceptors (Lipinski definition) is 4. The predicted octanol–water partition coefficient (Wildman–Crippen LogP) is 5.95. The third kappa shape index (κ3) is 5.34. The van der Waals surface area contributed by atoms with Crippen molar-refractivity contribution in [3.8, 4) is 11.3 Å². The van der Waals surface area contributed by atoms with Gasteiger partial charge in [0.05, 0.1) is 23.3 Å². The molecule has 0 unspecified atom stereocenters. The summed E-state index contributed by atoms with van der Waals surface area (Å²) in [6.07, 6.45) is 8.17. The first-order valence-electron chi connectivity index (χ1n) is 13.5. The van der Waals surface area contributed by atoms with Crippen LogP contribution in [0.4, 0.5) is 11.4 Å². The van der Waals surface area contributed by atoms with Gasteiger partial charge >= 0.3 is 0 Å². The van der Waals surface area contributed by atoms with Crippen molar-refractivity contribution in [1.82, 2.24) is 14.9 Å². The maximum Gasteiger partial charge on any atom is 0.258 e. The number of para-hydroxylation sites is 1. The third-order valence-electron chi connectivity index (χ3n) is 7.43. The van der Waals surface area contributed by atoms with Crippen molar-refractivity contribution in [2.24, 2.45) is 0 Å². The van der Waals surface area contributed by atoms with Crippen LogP contribution in [0, 0.1) is 0 Å². The van der Waals surface area contributed by atoms with Gasteiger partial charge in [-0.1, -0.05) is 54.6 Å². The summed E-state index contributed by atoms with van der Waals surface area (Å²) in [5, 5.41) is 6.54. The number of H-pyrrole nitrogens is 1. The number of aromatic amines is 1. The highest BCUT2D eigenvalue weighted by molar-refractivity contribution is 6.37. The number of imidazole rings is 1. The maximum absolute atomic E-state index is 13.2. The number of hydrogen-bond donors (Lipinski definition) is 3. The van der Waals surface area contributed by atoms with Crippen LogP contribution in [0.2, 0.25) is 0 Å². The molecule has 0 bridgehead atoms. The van der Waals surface area contributed by atoms with Crippen molar-refractivity contribution < 1.29 is 9.59 Å². The summed E-state index contributed by atoms with van der Waals surface area (Å²) in [6, 6.07) is 24.2. The number of fused-ring (bicyclic) bond motifs is 1. The van der Waals surface area contributed by atoms with Gasteiger partial charge in [-0.3, -0.25) is 9.59 Å². The first kappa shape index (κ1) is 24.7. The smallest absolute Gasteiger partial charge is 0.258 e. The molecule has 7 heteroatoms. The largest absolute Gasteiger partial charge is 0.354 e. The van der Waals surface area contributed by atoms with Gasteiger partial charge in [-0.2, -0.15) is 0 Å². The van der Waals surface area contributed by atoms with Crippen LogP contribution in [-0.2, 0) is 16.0 Å². The highest BCUT2D eigenvalue weighted by Gasteiger charge is 2.28. The molecule has 7 nitrogen and oxygen atoms in total. The van der Waals surface area contributed by atoms with E-state index in [1.165, 1.54) is 5.56 Å². The van der Waals surface area contributed by atoms with E-state index in [9.17, 15) is 9.59 Å². The number of nitrogens with zero attached hydrogens (tertiary/aromatic N) is 2. The van der Waals surface area contributed by atoms with Crippen molar-refractivity contribution in [2.75, 3.05) is 23.7 Å². The van der Waals surface area contributed by atoms with E-state index in [2.05, 4.69) is 44.9 Å². The fourth-order valence-electron chi connectivity index (χ4n) is 5.34. The highest BCUT2D eigenvalue weighted by atomic mass is 16.2. The fraction of sp³-hybridized carbons (Fsp3) is 0.219. The van der Waals surface area contributed by atoms with E-state index in [0.717, 1.165) is 78.2 Å². The van der Waals surface area contributed by atoms with E-state index in [4.69, 9.17) is 0 Å². The van der Waals surface area contributed by atoms with Crippen LogP contribution in [0.3, 0.4) is 0 Å². The summed E-state index contributed by atoms with van der Waals surface area (Å²) in [4.78, 5) is 34.6. The minimum atomic E-state index is -0.123. The van der Waals surface area contributed by atoms with Gasteiger partial charge in [-0.25, -0.2) is 4.98 Å². The second-order valence-corrected chi connectivity index (χ2v) is 10.0. The molecule has 196 valence electrons. The first-order chi connectivity index (χ1) is 19.2. The molecule has 1 fully saturated rings. The average Bonchev–Trinajstić information content (AvgIpc) is 3.62. The molecule has 2 aliphatic rings. The number of aromatic nitrogens is 2. The molecular formula is C32H31N5O2. The van der Waals surface area contributed by atoms with Crippen molar-refractivity contribution in [2.45, 2.75) is 32.1 Å². The normalized spacial score (nSPS) is 16.2. The van der Waals surface area contributed by atoms with E-state index < -0.39 is 0 Å². The topological polar surface area (TPSA) is 90.1 Å². The monoisotopic (exact) mass is 517 g/mol. The average molecular weight is 518 g/mol. The van der Waals surface area contributed by atoms with E-state index in [-0.39, 0.29) is 11.8 Å². The number of carbonyl (C=O) groups excluding carboxylic acids is 2. The van der Waals surface area contributed by atoms with Crippen LogP contribution in [0.1, 0.15) is 42.4 Å². The van der Waals surface area contributed by atoms with E-state index >= 15 is 0 Å². The molecule has 1 aromatic heterocycles. The minimum Gasteiger partial charge on any atom is -0.354 e. The summed E-state index contributed by atoms with van der Waals surface area (Å²) in [5.41, 5.74) is 8.00. The van der Waals surface area contributed by atoms with Crippen LogP contribution >= 0.6 is 0 Å². The van der Waals surface area contributed by atoms with Crippen LogP contribution in [0.15, 0.2) is 85.3 Å². The minimum absolute atomic E-state index is 0.123. The van der Waals surface area contributed by atoms with Crippen LogP contribution in [-0.4, -0.2) is 39.8 Å². The quantitative estimate of drug-likeness (QED) is 0.252. The van der Waals surface area contributed by atoms with Crippen LogP contribution in [0.5, 0.6) is 0 Å². The molecule has 0 radical (unpaired) electrons. The lowest BCUT2D eigenvalue weighted by molar-refractivity contribution is -0.133. The molecule has 3 heterocycles. The lowest BCUT2D eigenvalue weighted by Crippen LogP contribution is -2.36.